The first-order chi connectivity index (χ1) is 9.08. The zero-order chi connectivity index (χ0) is 13.8. The number of hydrogen-bond donors (Lipinski definition) is 1. The number of benzene rings is 2. The fourth-order valence-corrected chi connectivity index (χ4v) is 1.80. The van der Waals surface area contributed by atoms with E-state index in [1.165, 1.54) is 11.0 Å². The van der Waals surface area contributed by atoms with Gasteiger partial charge in [0.15, 0.2) is 0 Å². The van der Waals surface area contributed by atoms with Gasteiger partial charge in [-0.1, -0.05) is 24.3 Å². The molecule has 0 saturated heterocycles. The topological polar surface area (TPSA) is 46.3 Å². The molecule has 0 bridgehead atoms. The van der Waals surface area contributed by atoms with E-state index in [0.717, 1.165) is 0 Å². The van der Waals surface area contributed by atoms with E-state index < -0.39 is 0 Å². The summed E-state index contributed by atoms with van der Waals surface area (Å²) < 4.78 is 13.5. The molecule has 2 rings (SSSR count). The molecule has 0 spiro atoms. The first-order valence-corrected chi connectivity index (χ1v) is 5.93. The van der Waals surface area contributed by atoms with Crippen LogP contribution in [0.2, 0.25) is 0 Å². The lowest BCUT2D eigenvalue weighted by Crippen LogP contribution is -2.28. The molecule has 98 valence electrons. The predicted octanol–water partition coefficient (Wildman–Crippen LogP) is 2.61. The summed E-state index contributed by atoms with van der Waals surface area (Å²) in [4.78, 5) is 13.6. The van der Waals surface area contributed by atoms with Crippen LogP contribution in [0.4, 0.5) is 15.8 Å². The first-order valence-electron chi connectivity index (χ1n) is 5.93. The molecule has 3 nitrogen and oxygen atoms in total. The van der Waals surface area contributed by atoms with E-state index in [-0.39, 0.29) is 18.1 Å². The van der Waals surface area contributed by atoms with Gasteiger partial charge >= 0.3 is 0 Å². The molecule has 0 radical (unpaired) electrons. The van der Waals surface area contributed by atoms with Crippen LogP contribution in [0.15, 0.2) is 48.5 Å². The SMILES string of the molecule is CN(C(=O)Cc1ccccc1F)c1cccc(N)c1. The lowest BCUT2D eigenvalue weighted by molar-refractivity contribution is -0.117. The van der Waals surface area contributed by atoms with Crippen LogP contribution >= 0.6 is 0 Å². The summed E-state index contributed by atoms with van der Waals surface area (Å²) in [6.07, 6.45) is 0.0258. The lowest BCUT2D eigenvalue weighted by atomic mass is 10.1. The predicted molar refractivity (Wildman–Crippen MR) is 74.4 cm³/mol. The molecule has 0 aliphatic carbocycles. The Morgan fingerprint density at radius 3 is 2.63 bits per heavy atom. The number of nitrogens with two attached hydrogens (primary N) is 1. The normalized spacial score (nSPS) is 10.2. The largest absolute Gasteiger partial charge is 0.399 e. The Morgan fingerprint density at radius 2 is 1.95 bits per heavy atom. The van der Waals surface area contributed by atoms with Crippen LogP contribution in [0.25, 0.3) is 0 Å². The van der Waals surface area contributed by atoms with E-state index in [9.17, 15) is 9.18 Å². The number of likely N-dealkylation sites (N-methyl/N-ethyl adjacent to an activating group) is 1. The zero-order valence-corrected chi connectivity index (χ0v) is 10.6. The second kappa shape index (κ2) is 5.52. The fraction of sp³-hybridized carbons (Fsp3) is 0.133. The van der Waals surface area contributed by atoms with Gasteiger partial charge in [-0.25, -0.2) is 4.39 Å². The number of rotatable bonds is 3. The molecule has 4 heteroatoms. The molecule has 2 aromatic rings. The average molecular weight is 258 g/mol. The summed E-state index contributed by atoms with van der Waals surface area (Å²) in [6.45, 7) is 0. The van der Waals surface area contributed by atoms with Crippen LogP contribution in [0.5, 0.6) is 0 Å². The van der Waals surface area contributed by atoms with Crippen LogP contribution in [-0.4, -0.2) is 13.0 Å². The number of amides is 1. The molecule has 1 amide bonds. The molecular formula is C15H15FN2O. The molecule has 0 saturated carbocycles. The van der Waals surface area contributed by atoms with Gasteiger partial charge in [-0.15, -0.1) is 0 Å². The van der Waals surface area contributed by atoms with Crippen LogP contribution in [0, 0.1) is 5.82 Å². The van der Waals surface area contributed by atoms with Crippen molar-refractivity contribution < 1.29 is 9.18 Å². The van der Waals surface area contributed by atoms with Crippen LogP contribution < -0.4 is 10.6 Å². The second-order valence-corrected chi connectivity index (χ2v) is 4.32. The molecular weight excluding hydrogens is 243 g/mol. The van der Waals surface area contributed by atoms with Gasteiger partial charge in [0.1, 0.15) is 5.82 Å². The lowest BCUT2D eigenvalue weighted by Gasteiger charge is -2.18. The third-order valence-electron chi connectivity index (χ3n) is 2.93. The molecule has 2 N–H and O–H groups in total. The maximum absolute atomic E-state index is 13.5. The Bertz CT molecular complexity index is 598. The average Bonchev–Trinajstić information content (AvgIpc) is 2.40. The van der Waals surface area contributed by atoms with Gasteiger partial charge in [-0.05, 0) is 29.8 Å². The van der Waals surface area contributed by atoms with Gasteiger partial charge in [-0.3, -0.25) is 4.79 Å². The van der Waals surface area contributed by atoms with Crippen molar-refractivity contribution in [2.24, 2.45) is 0 Å². The maximum Gasteiger partial charge on any atom is 0.231 e. The molecule has 0 heterocycles. The van der Waals surface area contributed by atoms with E-state index in [4.69, 9.17) is 5.73 Å². The Balaban J connectivity index is 2.14. The summed E-state index contributed by atoms with van der Waals surface area (Å²) in [5, 5.41) is 0. The van der Waals surface area contributed by atoms with Crippen molar-refractivity contribution in [1.29, 1.82) is 0 Å². The van der Waals surface area contributed by atoms with Gasteiger partial charge in [0, 0.05) is 18.4 Å². The summed E-state index contributed by atoms with van der Waals surface area (Å²) >= 11 is 0. The molecule has 0 fully saturated rings. The molecule has 0 unspecified atom stereocenters. The molecule has 19 heavy (non-hydrogen) atoms. The van der Waals surface area contributed by atoms with Gasteiger partial charge in [0.05, 0.1) is 6.42 Å². The van der Waals surface area contributed by atoms with E-state index in [1.807, 2.05) is 0 Å². The van der Waals surface area contributed by atoms with E-state index >= 15 is 0 Å². The smallest absolute Gasteiger partial charge is 0.231 e. The molecule has 0 aromatic heterocycles. The van der Waals surface area contributed by atoms with Crippen molar-refractivity contribution in [3.8, 4) is 0 Å². The summed E-state index contributed by atoms with van der Waals surface area (Å²) in [5.74, 6) is -0.549. The Hall–Kier alpha value is -2.36. The quantitative estimate of drug-likeness (QED) is 0.860. The van der Waals surface area contributed by atoms with Crippen molar-refractivity contribution >= 4 is 17.3 Å². The van der Waals surface area contributed by atoms with Gasteiger partial charge in [-0.2, -0.15) is 0 Å². The van der Waals surface area contributed by atoms with Gasteiger partial charge in [0.25, 0.3) is 0 Å². The number of nitrogens with zero attached hydrogens (tertiary/aromatic N) is 1. The Labute approximate surface area is 111 Å². The van der Waals surface area contributed by atoms with Crippen molar-refractivity contribution in [2.75, 3.05) is 17.7 Å². The Morgan fingerprint density at radius 1 is 1.21 bits per heavy atom. The summed E-state index contributed by atoms with van der Waals surface area (Å²) in [5.41, 5.74) is 7.35. The maximum atomic E-state index is 13.5. The third-order valence-corrected chi connectivity index (χ3v) is 2.93. The van der Waals surface area contributed by atoms with Crippen LogP contribution in [-0.2, 0) is 11.2 Å². The number of anilines is 2. The van der Waals surface area contributed by atoms with Gasteiger partial charge < -0.3 is 10.6 Å². The minimum absolute atomic E-state index is 0.0258. The van der Waals surface area contributed by atoms with E-state index in [2.05, 4.69) is 0 Å². The van der Waals surface area contributed by atoms with Crippen LogP contribution in [0.3, 0.4) is 0 Å². The molecule has 0 aliphatic heterocycles. The van der Waals surface area contributed by atoms with Crippen molar-refractivity contribution in [1.82, 2.24) is 0 Å². The number of halogens is 1. The molecule has 0 atom stereocenters. The van der Waals surface area contributed by atoms with Crippen molar-refractivity contribution in [3.63, 3.8) is 0 Å². The van der Waals surface area contributed by atoms with E-state index in [0.29, 0.717) is 16.9 Å². The van der Waals surface area contributed by atoms with Crippen LogP contribution in [0.1, 0.15) is 5.56 Å². The highest BCUT2D eigenvalue weighted by Crippen LogP contribution is 2.17. The number of carbonyl (C=O) groups is 1. The minimum atomic E-state index is -0.364. The minimum Gasteiger partial charge on any atom is -0.399 e. The molecule has 0 aliphatic rings. The number of hydrogen-bond acceptors (Lipinski definition) is 2. The highest BCUT2D eigenvalue weighted by Gasteiger charge is 2.13. The highest BCUT2D eigenvalue weighted by molar-refractivity contribution is 5.94. The zero-order valence-electron chi connectivity index (χ0n) is 10.6. The van der Waals surface area contributed by atoms with Gasteiger partial charge in [0.2, 0.25) is 5.91 Å². The highest BCUT2D eigenvalue weighted by atomic mass is 19.1. The fourth-order valence-electron chi connectivity index (χ4n) is 1.80. The first kappa shape index (κ1) is 13.1. The third kappa shape index (κ3) is 3.10. The molecule has 2 aromatic carbocycles. The van der Waals surface area contributed by atoms with Crippen molar-refractivity contribution in [3.05, 3.63) is 59.9 Å². The standard InChI is InChI=1S/C15H15FN2O/c1-18(13-7-4-6-12(17)10-13)15(19)9-11-5-2-3-8-14(11)16/h2-8,10H,9,17H2,1H3. The monoisotopic (exact) mass is 258 g/mol. The number of nitrogen functional groups attached to an aromatic ring is 1. The summed E-state index contributed by atoms with van der Waals surface area (Å²) in [7, 11) is 1.65. The summed E-state index contributed by atoms with van der Waals surface area (Å²) in [6, 6.07) is 13.3. The Kier molecular flexibility index (Phi) is 3.80. The van der Waals surface area contributed by atoms with Crippen molar-refractivity contribution in [2.45, 2.75) is 6.42 Å². The van der Waals surface area contributed by atoms with E-state index in [1.54, 1.807) is 49.5 Å². The second-order valence-electron chi connectivity index (χ2n) is 4.32. The number of carbonyl (C=O) groups excluding carboxylic acids is 1.